The summed E-state index contributed by atoms with van der Waals surface area (Å²) in [5.74, 6) is 1.37. The molecule has 0 saturated carbocycles. The fraction of sp³-hybridized carbons (Fsp3) is 0.278. The van der Waals surface area contributed by atoms with Crippen LogP contribution in [0.15, 0.2) is 48.5 Å². The highest BCUT2D eigenvalue weighted by Crippen LogP contribution is 2.35. The van der Waals surface area contributed by atoms with Crippen molar-refractivity contribution in [2.24, 2.45) is 0 Å². The maximum atomic E-state index is 5.31. The largest absolute Gasteiger partial charge is 0.497 e. The van der Waals surface area contributed by atoms with Crippen LogP contribution in [0.3, 0.4) is 0 Å². The predicted octanol–water partition coefficient (Wildman–Crippen LogP) is 4.05. The van der Waals surface area contributed by atoms with Gasteiger partial charge in [-0.2, -0.15) is 0 Å². The lowest BCUT2D eigenvalue weighted by Gasteiger charge is -2.25. The lowest BCUT2D eigenvalue weighted by Crippen LogP contribution is -2.13. The Morgan fingerprint density at radius 1 is 1.16 bits per heavy atom. The van der Waals surface area contributed by atoms with E-state index in [1.54, 1.807) is 7.11 Å². The molecule has 3 rings (SSSR count). The second-order valence-corrected chi connectivity index (χ2v) is 5.01. The Balaban J connectivity index is 1.86. The lowest BCUT2D eigenvalue weighted by molar-refractivity contribution is 0.413. The summed E-state index contributed by atoms with van der Waals surface area (Å²) in [6.07, 6.45) is 6.78. The average molecular weight is 250 g/mol. The van der Waals surface area contributed by atoms with Crippen LogP contribution >= 0.6 is 0 Å². The van der Waals surface area contributed by atoms with Crippen molar-refractivity contribution in [3.63, 3.8) is 0 Å². The molecule has 0 amide bonds. The smallest absolute Gasteiger partial charge is 0.119 e. The number of methoxy groups -OCH3 is 1. The monoisotopic (exact) mass is 250 g/mol. The summed E-state index contributed by atoms with van der Waals surface area (Å²) in [6.45, 7) is 0. The first-order valence-corrected chi connectivity index (χ1v) is 6.81. The zero-order valence-corrected chi connectivity index (χ0v) is 11.2. The first-order valence-electron chi connectivity index (χ1n) is 6.81. The minimum absolute atomic E-state index is 0.414. The summed E-state index contributed by atoms with van der Waals surface area (Å²) in [6, 6.07) is 17.1. The van der Waals surface area contributed by atoms with Crippen molar-refractivity contribution in [3.8, 4) is 5.75 Å². The minimum Gasteiger partial charge on any atom is -0.497 e. The van der Waals surface area contributed by atoms with Crippen LogP contribution in [0.2, 0.25) is 0 Å². The molecule has 0 N–H and O–H groups in total. The Morgan fingerprint density at radius 2 is 2.00 bits per heavy atom. The van der Waals surface area contributed by atoms with Gasteiger partial charge in [0.15, 0.2) is 0 Å². The molecule has 0 spiro atoms. The van der Waals surface area contributed by atoms with E-state index in [1.165, 1.54) is 16.7 Å². The van der Waals surface area contributed by atoms with Gasteiger partial charge < -0.3 is 4.74 Å². The summed E-state index contributed by atoms with van der Waals surface area (Å²) in [7, 11) is 1.73. The van der Waals surface area contributed by atoms with Gasteiger partial charge in [0, 0.05) is 0 Å². The van der Waals surface area contributed by atoms with Gasteiger partial charge >= 0.3 is 0 Å². The number of hydrogen-bond acceptors (Lipinski definition) is 1. The molecule has 0 heterocycles. The number of hydrogen-bond donors (Lipinski definition) is 0. The van der Waals surface area contributed by atoms with E-state index in [-0.39, 0.29) is 0 Å². The van der Waals surface area contributed by atoms with Crippen molar-refractivity contribution in [1.82, 2.24) is 0 Å². The van der Waals surface area contributed by atoms with E-state index in [2.05, 4.69) is 55.0 Å². The van der Waals surface area contributed by atoms with E-state index in [0.29, 0.717) is 5.92 Å². The van der Waals surface area contributed by atoms with Crippen molar-refractivity contribution in [2.45, 2.75) is 25.2 Å². The molecule has 1 nitrogen and oxygen atoms in total. The number of aryl methyl sites for hydroxylation is 1. The number of rotatable bonds is 3. The van der Waals surface area contributed by atoms with Crippen molar-refractivity contribution >= 4 is 0 Å². The molecule has 2 radical (unpaired) electrons. The van der Waals surface area contributed by atoms with Gasteiger partial charge in [-0.3, -0.25) is 0 Å². The molecule has 0 saturated heterocycles. The highest BCUT2D eigenvalue weighted by atomic mass is 16.5. The summed E-state index contributed by atoms with van der Waals surface area (Å²) in [5.41, 5.74) is 4.21. The minimum atomic E-state index is 0.414. The molecule has 1 heteroatoms. The lowest BCUT2D eigenvalue weighted by atomic mass is 9.79. The van der Waals surface area contributed by atoms with Gasteiger partial charge in [0.05, 0.1) is 7.11 Å². The Labute approximate surface area is 115 Å². The van der Waals surface area contributed by atoms with Gasteiger partial charge in [-0.15, -0.1) is 0 Å². The maximum absolute atomic E-state index is 5.31. The summed E-state index contributed by atoms with van der Waals surface area (Å²) < 4.78 is 5.31. The molecule has 96 valence electrons. The molecule has 1 aliphatic rings. The standard InChI is InChI=1S/C18H18O/c1-19-17-10-11-18-15(8-5-9-16(18)13-17)12-14-6-3-2-4-7-14/h2-4,6-7,10-11,13,15H,5,9,12H2,1H3. The van der Waals surface area contributed by atoms with Gasteiger partial charge in [-0.1, -0.05) is 36.4 Å². The highest BCUT2D eigenvalue weighted by molar-refractivity contribution is 5.42. The Kier molecular flexibility index (Phi) is 3.54. The van der Waals surface area contributed by atoms with Gasteiger partial charge in [-0.05, 0) is 60.4 Å². The van der Waals surface area contributed by atoms with E-state index in [1.807, 2.05) is 0 Å². The molecule has 0 aromatic heterocycles. The third kappa shape index (κ3) is 2.65. The quantitative estimate of drug-likeness (QED) is 0.798. The van der Waals surface area contributed by atoms with Gasteiger partial charge in [0.2, 0.25) is 0 Å². The molecule has 0 aliphatic heterocycles. The topological polar surface area (TPSA) is 9.23 Å². The van der Waals surface area contributed by atoms with Crippen LogP contribution in [0.4, 0.5) is 0 Å². The molecular weight excluding hydrogens is 232 g/mol. The van der Waals surface area contributed by atoms with E-state index in [4.69, 9.17) is 4.74 Å². The number of benzene rings is 2. The Hall–Kier alpha value is -1.76. The van der Waals surface area contributed by atoms with E-state index in [9.17, 15) is 0 Å². The average Bonchev–Trinajstić information content (AvgIpc) is 2.48. The fourth-order valence-electron chi connectivity index (χ4n) is 2.79. The van der Waals surface area contributed by atoms with Crippen molar-refractivity contribution < 1.29 is 4.74 Å². The first kappa shape index (κ1) is 12.3. The molecule has 2 aromatic carbocycles. The van der Waals surface area contributed by atoms with Crippen molar-refractivity contribution in [2.75, 3.05) is 7.11 Å². The number of ether oxygens (including phenoxy) is 1. The second-order valence-electron chi connectivity index (χ2n) is 5.01. The molecule has 0 fully saturated rings. The van der Waals surface area contributed by atoms with Crippen LogP contribution in [0.5, 0.6) is 5.75 Å². The maximum Gasteiger partial charge on any atom is 0.119 e. The number of fused-ring (bicyclic) bond motifs is 1. The Morgan fingerprint density at radius 3 is 2.79 bits per heavy atom. The van der Waals surface area contributed by atoms with Crippen molar-refractivity contribution in [1.29, 1.82) is 0 Å². The summed E-state index contributed by atoms with van der Waals surface area (Å²) >= 11 is 0. The SMILES string of the molecule is COc1ccc2c(c1)CC[C]C2Cc1ccccc1. The molecule has 1 unspecified atom stereocenters. The normalized spacial score (nSPS) is 17.8. The van der Waals surface area contributed by atoms with Crippen LogP contribution in [0, 0.1) is 6.42 Å². The van der Waals surface area contributed by atoms with Crippen LogP contribution in [0.1, 0.15) is 29.0 Å². The zero-order valence-electron chi connectivity index (χ0n) is 11.2. The van der Waals surface area contributed by atoms with Crippen LogP contribution < -0.4 is 4.74 Å². The molecule has 1 atom stereocenters. The van der Waals surface area contributed by atoms with Crippen LogP contribution in [-0.2, 0) is 12.8 Å². The molecule has 0 bridgehead atoms. The van der Waals surface area contributed by atoms with Gasteiger partial charge in [-0.25, -0.2) is 0 Å². The highest BCUT2D eigenvalue weighted by Gasteiger charge is 2.21. The third-order valence-electron chi connectivity index (χ3n) is 3.79. The zero-order chi connectivity index (χ0) is 13.1. The summed E-state index contributed by atoms with van der Waals surface area (Å²) in [4.78, 5) is 0. The molecule has 2 aromatic rings. The van der Waals surface area contributed by atoms with Gasteiger partial charge in [0.1, 0.15) is 5.75 Å². The Bertz CT molecular complexity index is 545. The predicted molar refractivity (Wildman–Crippen MR) is 77.4 cm³/mol. The van der Waals surface area contributed by atoms with Crippen LogP contribution in [-0.4, -0.2) is 7.11 Å². The fourth-order valence-corrected chi connectivity index (χ4v) is 2.79. The van der Waals surface area contributed by atoms with Gasteiger partial charge in [0.25, 0.3) is 0 Å². The first-order chi connectivity index (χ1) is 9.36. The third-order valence-corrected chi connectivity index (χ3v) is 3.79. The summed E-state index contributed by atoms with van der Waals surface area (Å²) in [5, 5.41) is 0. The van der Waals surface area contributed by atoms with Crippen molar-refractivity contribution in [3.05, 3.63) is 71.6 Å². The van der Waals surface area contributed by atoms with E-state index in [0.717, 1.165) is 25.0 Å². The second kappa shape index (κ2) is 5.48. The molecule has 1 aliphatic carbocycles. The van der Waals surface area contributed by atoms with E-state index >= 15 is 0 Å². The molecule has 19 heavy (non-hydrogen) atoms. The molecular formula is C18H18O. The van der Waals surface area contributed by atoms with Crippen LogP contribution in [0.25, 0.3) is 0 Å². The van der Waals surface area contributed by atoms with E-state index < -0.39 is 0 Å².